The average molecular weight is 292 g/mol. The first-order chi connectivity index (χ1) is 10.3. The second-order valence-corrected chi connectivity index (χ2v) is 5.52. The number of likely N-dealkylation sites (N-methyl/N-ethyl adjacent to an activating group) is 1. The van der Waals surface area contributed by atoms with Crippen LogP contribution >= 0.6 is 0 Å². The summed E-state index contributed by atoms with van der Waals surface area (Å²) in [5, 5.41) is 3.47. The summed E-state index contributed by atoms with van der Waals surface area (Å²) in [6.07, 6.45) is 3.96. The van der Waals surface area contributed by atoms with Crippen LogP contribution in [0.1, 0.15) is 26.2 Å². The summed E-state index contributed by atoms with van der Waals surface area (Å²) in [5.74, 6) is 1.78. The summed E-state index contributed by atoms with van der Waals surface area (Å²) in [6.45, 7) is 7.25. The van der Waals surface area contributed by atoms with E-state index >= 15 is 0 Å². The third-order valence-electron chi connectivity index (χ3n) is 4.09. The van der Waals surface area contributed by atoms with Crippen LogP contribution in [0, 0.1) is 0 Å². The van der Waals surface area contributed by atoms with E-state index < -0.39 is 0 Å². The van der Waals surface area contributed by atoms with Gasteiger partial charge in [-0.2, -0.15) is 0 Å². The molecule has 4 heteroatoms. The molecular weight excluding hydrogens is 264 g/mol. The van der Waals surface area contributed by atoms with E-state index in [2.05, 4.69) is 17.1 Å². The monoisotopic (exact) mass is 292 g/mol. The van der Waals surface area contributed by atoms with Crippen molar-refractivity contribution in [2.24, 2.45) is 0 Å². The molecule has 0 radical (unpaired) electrons. The lowest BCUT2D eigenvalue weighted by molar-refractivity contribution is 0.122. The van der Waals surface area contributed by atoms with Crippen LogP contribution < -0.4 is 14.8 Å². The summed E-state index contributed by atoms with van der Waals surface area (Å²) in [7, 11) is 1.68. The quantitative estimate of drug-likeness (QED) is 0.798. The molecule has 1 aromatic carbocycles. The highest BCUT2D eigenvalue weighted by molar-refractivity contribution is 5.31. The molecule has 1 atom stereocenters. The Balaban J connectivity index is 1.74. The standard InChI is InChI=1S/C17H28N2O2/c1-3-18-14-15-6-4-5-11-19(15)12-13-21-17-9-7-16(20-2)8-10-17/h7-10,15,18H,3-6,11-14H2,1-2H3. The van der Waals surface area contributed by atoms with Crippen LogP contribution in [0.3, 0.4) is 0 Å². The Kier molecular flexibility index (Phi) is 6.83. The third kappa shape index (κ3) is 5.21. The topological polar surface area (TPSA) is 33.7 Å². The minimum Gasteiger partial charge on any atom is -0.497 e. The van der Waals surface area contributed by atoms with Gasteiger partial charge in [-0.1, -0.05) is 13.3 Å². The molecule has 2 rings (SSSR count). The van der Waals surface area contributed by atoms with Gasteiger partial charge in [0.15, 0.2) is 0 Å². The zero-order chi connectivity index (χ0) is 14.9. The lowest BCUT2D eigenvalue weighted by Crippen LogP contribution is -2.46. The van der Waals surface area contributed by atoms with Gasteiger partial charge in [-0.3, -0.25) is 4.90 Å². The molecule has 1 unspecified atom stereocenters. The maximum atomic E-state index is 5.84. The fourth-order valence-corrected chi connectivity index (χ4v) is 2.85. The Hall–Kier alpha value is -1.26. The number of benzene rings is 1. The van der Waals surface area contributed by atoms with Crippen LogP contribution in [-0.2, 0) is 0 Å². The minimum atomic E-state index is 0.665. The van der Waals surface area contributed by atoms with Gasteiger partial charge in [-0.05, 0) is 50.2 Å². The number of likely N-dealkylation sites (tertiary alicyclic amines) is 1. The van der Waals surface area contributed by atoms with Gasteiger partial charge >= 0.3 is 0 Å². The Labute approximate surface area is 128 Å². The predicted molar refractivity (Wildman–Crippen MR) is 86.2 cm³/mol. The van der Waals surface area contributed by atoms with Crippen molar-refractivity contribution in [2.75, 3.05) is 39.9 Å². The fourth-order valence-electron chi connectivity index (χ4n) is 2.85. The van der Waals surface area contributed by atoms with Crippen LogP contribution in [0.2, 0.25) is 0 Å². The highest BCUT2D eigenvalue weighted by Crippen LogP contribution is 2.18. The summed E-state index contributed by atoms with van der Waals surface area (Å²) in [4.78, 5) is 2.57. The third-order valence-corrected chi connectivity index (χ3v) is 4.09. The van der Waals surface area contributed by atoms with E-state index in [1.54, 1.807) is 7.11 Å². The smallest absolute Gasteiger partial charge is 0.119 e. The van der Waals surface area contributed by atoms with Crippen molar-refractivity contribution in [1.82, 2.24) is 10.2 Å². The van der Waals surface area contributed by atoms with E-state index in [1.165, 1.54) is 25.8 Å². The SMILES string of the molecule is CCNCC1CCCCN1CCOc1ccc(OC)cc1. The number of piperidine rings is 1. The molecule has 4 nitrogen and oxygen atoms in total. The van der Waals surface area contributed by atoms with Crippen LogP contribution in [0.25, 0.3) is 0 Å². The molecule has 0 aromatic heterocycles. The molecule has 0 aliphatic carbocycles. The van der Waals surface area contributed by atoms with E-state index in [4.69, 9.17) is 9.47 Å². The molecule has 1 aromatic rings. The van der Waals surface area contributed by atoms with Crippen molar-refractivity contribution in [3.8, 4) is 11.5 Å². The zero-order valence-corrected chi connectivity index (χ0v) is 13.3. The van der Waals surface area contributed by atoms with Crippen molar-refractivity contribution in [2.45, 2.75) is 32.2 Å². The van der Waals surface area contributed by atoms with E-state index in [0.29, 0.717) is 6.04 Å². The van der Waals surface area contributed by atoms with Gasteiger partial charge < -0.3 is 14.8 Å². The Morgan fingerprint density at radius 1 is 1.19 bits per heavy atom. The van der Waals surface area contributed by atoms with Crippen molar-refractivity contribution in [3.05, 3.63) is 24.3 Å². The number of methoxy groups -OCH3 is 1. The largest absolute Gasteiger partial charge is 0.497 e. The van der Waals surface area contributed by atoms with E-state index in [0.717, 1.165) is 37.7 Å². The highest BCUT2D eigenvalue weighted by Gasteiger charge is 2.21. The summed E-state index contributed by atoms with van der Waals surface area (Å²) in [6, 6.07) is 8.46. The molecule has 0 bridgehead atoms. The van der Waals surface area contributed by atoms with Crippen LogP contribution in [0.15, 0.2) is 24.3 Å². The van der Waals surface area contributed by atoms with E-state index in [1.807, 2.05) is 24.3 Å². The van der Waals surface area contributed by atoms with Gasteiger partial charge in [0.25, 0.3) is 0 Å². The van der Waals surface area contributed by atoms with Crippen molar-refractivity contribution in [1.29, 1.82) is 0 Å². The second-order valence-electron chi connectivity index (χ2n) is 5.52. The summed E-state index contributed by atoms with van der Waals surface area (Å²) in [5.41, 5.74) is 0. The summed E-state index contributed by atoms with van der Waals surface area (Å²) >= 11 is 0. The van der Waals surface area contributed by atoms with Gasteiger partial charge in [0, 0.05) is 19.1 Å². The zero-order valence-electron chi connectivity index (χ0n) is 13.3. The molecule has 1 saturated heterocycles. The molecule has 0 spiro atoms. The van der Waals surface area contributed by atoms with Crippen LogP contribution in [-0.4, -0.2) is 50.8 Å². The molecule has 118 valence electrons. The molecular formula is C17H28N2O2. The molecule has 0 saturated carbocycles. The van der Waals surface area contributed by atoms with Gasteiger partial charge in [0.1, 0.15) is 18.1 Å². The first kappa shape index (κ1) is 16.1. The molecule has 1 aliphatic heterocycles. The van der Waals surface area contributed by atoms with E-state index in [-0.39, 0.29) is 0 Å². The number of rotatable bonds is 8. The number of nitrogens with zero attached hydrogens (tertiary/aromatic N) is 1. The molecule has 1 heterocycles. The Morgan fingerprint density at radius 2 is 1.95 bits per heavy atom. The van der Waals surface area contributed by atoms with Crippen molar-refractivity contribution < 1.29 is 9.47 Å². The van der Waals surface area contributed by atoms with Gasteiger partial charge in [0.2, 0.25) is 0 Å². The maximum Gasteiger partial charge on any atom is 0.119 e. The number of hydrogen-bond donors (Lipinski definition) is 1. The molecule has 21 heavy (non-hydrogen) atoms. The molecule has 1 aliphatic rings. The summed E-state index contributed by atoms with van der Waals surface area (Å²) < 4.78 is 11.0. The molecule has 1 N–H and O–H groups in total. The normalized spacial score (nSPS) is 19.4. The van der Waals surface area contributed by atoms with Crippen LogP contribution in [0.4, 0.5) is 0 Å². The number of nitrogens with one attached hydrogen (secondary N) is 1. The molecule has 1 fully saturated rings. The van der Waals surface area contributed by atoms with Crippen molar-refractivity contribution >= 4 is 0 Å². The first-order valence-electron chi connectivity index (χ1n) is 8.05. The lowest BCUT2D eigenvalue weighted by Gasteiger charge is -2.35. The lowest BCUT2D eigenvalue weighted by atomic mass is 10.0. The number of hydrogen-bond acceptors (Lipinski definition) is 4. The van der Waals surface area contributed by atoms with Gasteiger partial charge in [-0.25, -0.2) is 0 Å². The van der Waals surface area contributed by atoms with E-state index in [9.17, 15) is 0 Å². The maximum absolute atomic E-state index is 5.84. The fraction of sp³-hybridized carbons (Fsp3) is 0.647. The Bertz CT molecular complexity index is 394. The second kappa shape index (κ2) is 8.90. The first-order valence-corrected chi connectivity index (χ1v) is 8.05. The predicted octanol–water partition coefficient (Wildman–Crippen LogP) is 2.54. The number of ether oxygens (including phenoxy) is 2. The molecule has 0 amide bonds. The Morgan fingerprint density at radius 3 is 2.67 bits per heavy atom. The van der Waals surface area contributed by atoms with Crippen molar-refractivity contribution in [3.63, 3.8) is 0 Å². The van der Waals surface area contributed by atoms with Gasteiger partial charge in [-0.15, -0.1) is 0 Å². The minimum absolute atomic E-state index is 0.665. The highest BCUT2D eigenvalue weighted by atomic mass is 16.5. The van der Waals surface area contributed by atoms with Gasteiger partial charge in [0.05, 0.1) is 7.11 Å². The average Bonchev–Trinajstić information content (AvgIpc) is 2.54. The van der Waals surface area contributed by atoms with Crippen LogP contribution in [0.5, 0.6) is 11.5 Å².